The van der Waals surface area contributed by atoms with Gasteiger partial charge in [-0.05, 0) is 18.8 Å². The number of nitrogens with zero attached hydrogens (tertiary/aromatic N) is 3. The number of carboxylic acids is 1. The summed E-state index contributed by atoms with van der Waals surface area (Å²) in [5.74, 6) is -0.379. The van der Waals surface area contributed by atoms with Crippen molar-refractivity contribution in [3.63, 3.8) is 0 Å². The zero-order valence-corrected chi connectivity index (χ0v) is 9.37. The average molecular weight is 236 g/mol. The van der Waals surface area contributed by atoms with Gasteiger partial charge in [-0.2, -0.15) is 0 Å². The summed E-state index contributed by atoms with van der Waals surface area (Å²) in [4.78, 5) is 20.5. The van der Waals surface area contributed by atoms with Gasteiger partial charge in [0.25, 0.3) is 0 Å². The molecule has 2 rings (SSSR count). The predicted molar refractivity (Wildman–Crippen MR) is 58.4 cm³/mol. The molecule has 0 amide bonds. The summed E-state index contributed by atoms with van der Waals surface area (Å²) < 4.78 is 0. The lowest BCUT2D eigenvalue weighted by atomic mass is 9.98. The van der Waals surface area contributed by atoms with Crippen molar-refractivity contribution in [3.05, 3.63) is 18.0 Å². The van der Waals surface area contributed by atoms with Crippen molar-refractivity contribution in [1.82, 2.24) is 9.97 Å². The van der Waals surface area contributed by atoms with E-state index in [4.69, 9.17) is 5.11 Å². The van der Waals surface area contributed by atoms with E-state index in [1.807, 2.05) is 4.90 Å². The minimum Gasteiger partial charge on any atom is -0.545 e. The normalized spacial score (nSPS) is 17.1. The van der Waals surface area contributed by atoms with Gasteiger partial charge in [-0.15, -0.1) is 0 Å². The molecule has 6 nitrogen and oxygen atoms in total. The molecule has 1 fully saturated rings. The Balaban J connectivity index is 2.01. The molecule has 1 aromatic rings. The van der Waals surface area contributed by atoms with Gasteiger partial charge in [0.15, 0.2) is 0 Å². The number of aromatic carboxylic acids is 1. The summed E-state index contributed by atoms with van der Waals surface area (Å²) >= 11 is 0. The molecule has 0 atom stereocenters. The molecule has 0 aromatic carbocycles. The molecule has 1 aliphatic heterocycles. The Bertz CT molecular complexity index is 385. The van der Waals surface area contributed by atoms with Crippen molar-refractivity contribution in [2.45, 2.75) is 12.8 Å². The van der Waals surface area contributed by atoms with Gasteiger partial charge in [0.1, 0.15) is 0 Å². The van der Waals surface area contributed by atoms with Crippen LogP contribution >= 0.6 is 0 Å². The molecule has 0 bridgehead atoms. The third kappa shape index (κ3) is 2.71. The van der Waals surface area contributed by atoms with Crippen molar-refractivity contribution in [1.29, 1.82) is 0 Å². The second kappa shape index (κ2) is 5.09. The minimum atomic E-state index is -1.27. The number of hydrogen-bond donors (Lipinski definition) is 1. The van der Waals surface area contributed by atoms with Crippen LogP contribution in [-0.2, 0) is 0 Å². The van der Waals surface area contributed by atoms with Crippen LogP contribution in [-0.4, -0.2) is 40.7 Å². The lowest BCUT2D eigenvalue weighted by Crippen LogP contribution is -2.36. The number of rotatable bonds is 3. The molecule has 0 radical (unpaired) electrons. The molecule has 0 spiro atoms. The first kappa shape index (κ1) is 11.8. The van der Waals surface area contributed by atoms with Crippen molar-refractivity contribution in [2.24, 2.45) is 5.92 Å². The standard InChI is InChI=1S/C11H15N3O3/c15-7-8-1-3-14(4-2-8)11-12-5-9(6-13-11)10(16)17/h5-6,8,15H,1-4,7H2,(H,16,17)/p-1. The third-order valence-corrected chi connectivity index (χ3v) is 3.03. The Morgan fingerprint density at radius 1 is 1.41 bits per heavy atom. The number of aliphatic hydroxyl groups is 1. The number of aromatic nitrogens is 2. The maximum atomic E-state index is 10.5. The first-order chi connectivity index (χ1) is 8.20. The SMILES string of the molecule is O=C([O-])c1cnc(N2CCC(CO)CC2)nc1. The van der Waals surface area contributed by atoms with Gasteiger partial charge >= 0.3 is 0 Å². The predicted octanol–water partition coefficient (Wildman–Crippen LogP) is -0.951. The van der Waals surface area contributed by atoms with Crippen LogP contribution < -0.4 is 10.0 Å². The topological polar surface area (TPSA) is 89.4 Å². The molecule has 6 heteroatoms. The number of anilines is 1. The highest BCUT2D eigenvalue weighted by Crippen LogP contribution is 2.19. The smallest absolute Gasteiger partial charge is 0.225 e. The molecule has 0 aliphatic carbocycles. The Morgan fingerprint density at radius 2 is 2.00 bits per heavy atom. The van der Waals surface area contributed by atoms with E-state index in [-0.39, 0.29) is 12.2 Å². The van der Waals surface area contributed by atoms with Crippen LogP contribution in [0.1, 0.15) is 23.2 Å². The van der Waals surface area contributed by atoms with Gasteiger partial charge in [-0.1, -0.05) is 0 Å². The molecular formula is C11H14N3O3-. The highest BCUT2D eigenvalue weighted by Gasteiger charge is 2.20. The van der Waals surface area contributed by atoms with Crippen molar-refractivity contribution in [2.75, 3.05) is 24.6 Å². The van der Waals surface area contributed by atoms with E-state index >= 15 is 0 Å². The molecule has 2 heterocycles. The largest absolute Gasteiger partial charge is 0.545 e. The van der Waals surface area contributed by atoms with E-state index in [1.54, 1.807) is 0 Å². The fourth-order valence-electron chi connectivity index (χ4n) is 1.91. The minimum absolute atomic E-state index is 0.0148. The zero-order chi connectivity index (χ0) is 12.3. The number of carbonyl (C=O) groups is 1. The van der Waals surface area contributed by atoms with Crippen molar-refractivity contribution in [3.8, 4) is 0 Å². The summed E-state index contributed by atoms with van der Waals surface area (Å²) in [6.45, 7) is 1.80. The molecule has 1 N–H and O–H groups in total. The molecule has 1 saturated heterocycles. The van der Waals surface area contributed by atoms with Gasteiger partial charge in [0.2, 0.25) is 5.95 Å². The second-order valence-corrected chi connectivity index (χ2v) is 4.17. The molecule has 1 aliphatic rings. The van der Waals surface area contributed by atoms with Crippen LogP contribution in [0.25, 0.3) is 0 Å². The second-order valence-electron chi connectivity index (χ2n) is 4.17. The number of carboxylic acid groups (broad SMARTS) is 1. The monoisotopic (exact) mass is 236 g/mol. The summed E-state index contributed by atoms with van der Waals surface area (Å²) in [6.07, 6.45) is 4.33. The van der Waals surface area contributed by atoms with Crippen LogP contribution in [0.4, 0.5) is 5.95 Å². The fraction of sp³-hybridized carbons (Fsp3) is 0.545. The van der Waals surface area contributed by atoms with Crippen molar-refractivity contribution < 1.29 is 15.0 Å². The lowest BCUT2D eigenvalue weighted by molar-refractivity contribution is -0.255. The van der Waals surface area contributed by atoms with E-state index in [1.165, 1.54) is 12.4 Å². The highest BCUT2D eigenvalue weighted by molar-refractivity contribution is 5.84. The van der Waals surface area contributed by atoms with E-state index in [9.17, 15) is 9.90 Å². The molecule has 17 heavy (non-hydrogen) atoms. The Hall–Kier alpha value is -1.69. The van der Waals surface area contributed by atoms with Crippen LogP contribution in [0, 0.1) is 5.92 Å². The van der Waals surface area contributed by atoms with Crippen molar-refractivity contribution >= 4 is 11.9 Å². The number of aliphatic hydroxyl groups excluding tert-OH is 1. The zero-order valence-electron chi connectivity index (χ0n) is 9.37. The summed E-state index contributed by atoms with van der Waals surface area (Å²) in [7, 11) is 0. The highest BCUT2D eigenvalue weighted by atomic mass is 16.4. The molecule has 0 unspecified atom stereocenters. The molecular weight excluding hydrogens is 222 g/mol. The maximum Gasteiger partial charge on any atom is 0.225 e. The Morgan fingerprint density at radius 3 is 2.47 bits per heavy atom. The van der Waals surface area contributed by atoms with Crippen LogP contribution in [0.5, 0.6) is 0 Å². The molecule has 92 valence electrons. The van der Waals surface area contributed by atoms with E-state index in [0.29, 0.717) is 11.9 Å². The van der Waals surface area contributed by atoms with Gasteiger partial charge < -0.3 is 19.9 Å². The average Bonchev–Trinajstić information content (AvgIpc) is 2.39. The summed E-state index contributed by atoms with van der Waals surface area (Å²) in [6, 6.07) is 0. The number of hydrogen-bond acceptors (Lipinski definition) is 6. The molecule has 0 saturated carbocycles. The van der Waals surface area contributed by atoms with Gasteiger partial charge in [0.05, 0.1) is 5.97 Å². The fourth-order valence-corrected chi connectivity index (χ4v) is 1.91. The van der Waals surface area contributed by atoms with Gasteiger partial charge in [-0.25, -0.2) is 9.97 Å². The summed E-state index contributed by atoms with van der Waals surface area (Å²) in [5, 5.41) is 19.6. The van der Waals surface area contributed by atoms with E-state index < -0.39 is 5.97 Å². The third-order valence-electron chi connectivity index (χ3n) is 3.03. The Kier molecular flexibility index (Phi) is 3.53. The number of carbonyl (C=O) groups excluding carboxylic acids is 1. The summed E-state index contributed by atoms with van der Waals surface area (Å²) in [5.41, 5.74) is -0.0148. The molecule has 1 aromatic heterocycles. The first-order valence-electron chi connectivity index (χ1n) is 5.60. The number of piperidine rings is 1. The quantitative estimate of drug-likeness (QED) is 0.727. The van der Waals surface area contributed by atoms with Crippen LogP contribution in [0.15, 0.2) is 12.4 Å². The van der Waals surface area contributed by atoms with Crippen LogP contribution in [0.2, 0.25) is 0 Å². The first-order valence-corrected chi connectivity index (χ1v) is 5.60. The van der Waals surface area contributed by atoms with Gasteiger partial charge in [0, 0.05) is 37.7 Å². The lowest BCUT2D eigenvalue weighted by Gasteiger charge is -2.31. The maximum absolute atomic E-state index is 10.5. The van der Waals surface area contributed by atoms with E-state index in [0.717, 1.165) is 25.9 Å². The van der Waals surface area contributed by atoms with Crippen LogP contribution in [0.3, 0.4) is 0 Å². The Labute approximate surface area is 98.9 Å². The van der Waals surface area contributed by atoms with Gasteiger partial charge in [-0.3, -0.25) is 0 Å². The van der Waals surface area contributed by atoms with E-state index in [2.05, 4.69) is 9.97 Å².